The molecule has 1 aromatic rings. The zero-order chi connectivity index (χ0) is 20.9. The van der Waals surface area contributed by atoms with E-state index in [1.54, 1.807) is 7.11 Å². The molecular formula is C21H33N3O5. The molecule has 3 rings (SSSR count). The van der Waals surface area contributed by atoms with E-state index in [1.807, 2.05) is 23.6 Å². The predicted molar refractivity (Wildman–Crippen MR) is 106 cm³/mol. The van der Waals surface area contributed by atoms with Crippen LogP contribution in [0, 0.1) is 13.8 Å². The molecule has 2 aliphatic rings. The third kappa shape index (κ3) is 5.36. The van der Waals surface area contributed by atoms with Crippen LogP contribution in [0.2, 0.25) is 0 Å². The van der Waals surface area contributed by atoms with Gasteiger partial charge in [-0.05, 0) is 39.5 Å². The third-order valence-corrected chi connectivity index (χ3v) is 6.13. The first kappa shape index (κ1) is 21.8. The van der Waals surface area contributed by atoms with Crippen molar-refractivity contribution in [3.05, 3.63) is 17.0 Å². The summed E-state index contributed by atoms with van der Waals surface area (Å²) >= 11 is 0. The number of carbonyl (C=O) groups is 2. The van der Waals surface area contributed by atoms with Crippen LogP contribution < -0.4 is 0 Å². The number of hydrogen-bond acceptors (Lipinski definition) is 6. The second-order valence-electron chi connectivity index (χ2n) is 8.13. The highest BCUT2D eigenvalue weighted by Gasteiger charge is 2.41. The van der Waals surface area contributed by atoms with Crippen LogP contribution in [0.25, 0.3) is 0 Å². The summed E-state index contributed by atoms with van der Waals surface area (Å²) in [7, 11) is 1.67. The highest BCUT2D eigenvalue weighted by atomic mass is 16.5. The normalized spacial score (nSPS) is 19.6. The van der Waals surface area contributed by atoms with E-state index >= 15 is 0 Å². The molecule has 2 fully saturated rings. The molecule has 162 valence electrons. The average molecular weight is 408 g/mol. The second kappa shape index (κ2) is 9.71. The van der Waals surface area contributed by atoms with Crippen molar-refractivity contribution in [3.8, 4) is 0 Å². The van der Waals surface area contributed by atoms with Crippen molar-refractivity contribution in [3.63, 3.8) is 0 Å². The number of aromatic nitrogens is 1. The maximum atomic E-state index is 12.7. The number of aryl methyl sites for hydroxylation is 2. The smallest absolute Gasteiger partial charge is 0.224 e. The molecule has 0 aromatic carbocycles. The largest absolute Gasteiger partial charge is 0.385 e. The second-order valence-corrected chi connectivity index (χ2v) is 8.13. The zero-order valence-corrected chi connectivity index (χ0v) is 17.9. The van der Waals surface area contributed by atoms with Crippen molar-refractivity contribution in [2.24, 2.45) is 0 Å². The number of hydrogen-bond donors (Lipinski definition) is 0. The van der Waals surface area contributed by atoms with Gasteiger partial charge in [0.15, 0.2) is 0 Å². The van der Waals surface area contributed by atoms with Crippen LogP contribution in [0.15, 0.2) is 4.52 Å². The van der Waals surface area contributed by atoms with E-state index < -0.39 is 0 Å². The predicted octanol–water partition coefficient (Wildman–Crippen LogP) is 1.87. The molecule has 8 heteroatoms. The fourth-order valence-corrected chi connectivity index (χ4v) is 4.31. The lowest BCUT2D eigenvalue weighted by atomic mass is 9.90. The van der Waals surface area contributed by atoms with Gasteiger partial charge in [0, 0.05) is 51.9 Å². The number of amides is 2. The lowest BCUT2D eigenvalue weighted by molar-refractivity contribution is -0.140. The molecule has 0 radical (unpaired) electrons. The molecular weight excluding hydrogens is 374 g/mol. The molecule has 0 N–H and O–H groups in total. The van der Waals surface area contributed by atoms with Gasteiger partial charge in [0.25, 0.3) is 0 Å². The summed E-state index contributed by atoms with van der Waals surface area (Å²) in [6.45, 7) is 7.53. The van der Waals surface area contributed by atoms with Gasteiger partial charge in [0.05, 0.1) is 24.3 Å². The lowest BCUT2D eigenvalue weighted by Crippen LogP contribution is -2.53. The quantitative estimate of drug-likeness (QED) is 0.642. The van der Waals surface area contributed by atoms with E-state index in [0.29, 0.717) is 58.7 Å². The molecule has 2 aliphatic heterocycles. The summed E-state index contributed by atoms with van der Waals surface area (Å²) in [6, 6.07) is 0. The Labute approximate surface area is 172 Å². The highest BCUT2D eigenvalue weighted by molar-refractivity contribution is 5.77. The van der Waals surface area contributed by atoms with Crippen molar-refractivity contribution in [2.45, 2.75) is 58.0 Å². The van der Waals surface area contributed by atoms with Crippen LogP contribution >= 0.6 is 0 Å². The van der Waals surface area contributed by atoms with Gasteiger partial charge in [0.2, 0.25) is 11.8 Å². The fourth-order valence-electron chi connectivity index (χ4n) is 4.31. The Kier molecular flexibility index (Phi) is 7.29. The van der Waals surface area contributed by atoms with Crippen LogP contribution in [0.4, 0.5) is 0 Å². The van der Waals surface area contributed by atoms with Crippen molar-refractivity contribution < 1.29 is 23.6 Å². The van der Waals surface area contributed by atoms with Crippen molar-refractivity contribution >= 4 is 11.8 Å². The van der Waals surface area contributed by atoms with E-state index in [0.717, 1.165) is 36.3 Å². The van der Waals surface area contributed by atoms with Crippen LogP contribution in [0.3, 0.4) is 0 Å². The van der Waals surface area contributed by atoms with Gasteiger partial charge >= 0.3 is 0 Å². The van der Waals surface area contributed by atoms with Crippen molar-refractivity contribution in [1.29, 1.82) is 0 Å². The monoisotopic (exact) mass is 407 g/mol. The number of likely N-dealkylation sites (tertiary alicyclic amines) is 1. The summed E-state index contributed by atoms with van der Waals surface area (Å²) in [5.41, 5.74) is 1.56. The number of nitrogens with zero attached hydrogens (tertiary/aromatic N) is 3. The molecule has 0 aliphatic carbocycles. The van der Waals surface area contributed by atoms with Crippen molar-refractivity contribution in [2.75, 3.05) is 46.5 Å². The Balaban J connectivity index is 1.52. The summed E-state index contributed by atoms with van der Waals surface area (Å²) in [5, 5.41) is 3.96. The van der Waals surface area contributed by atoms with Crippen LogP contribution in [0.5, 0.6) is 0 Å². The highest BCUT2D eigenvalue weighted by Crippen LogP contribution is 2.30. The molecule has 8 nitrogen and oxygen atoms in total. The van der Waals surface area contributed by atoms with Gasteiger partial charge < -0.3 is 23.8 Å². The minimum atomic E-state index is -0.336. The summed E-state index contributed by atoms with van der Waals surface area (Å²) in [5.74, 6) is 1.09. The van der Waals surface area contributed by atoms with Gasteiger partial charge in [-0.1, -0.05) is 5.16 Å². The van der Waals surface area contributed by atoms with E-state index in [2.05, 4.69) is 5.16 Å². The third-order valence-electron chi connectivity index (χ3n) is 6.13. The maximum Gasteiger partial charge on any atom is 0.224 e. The summed E-state index contributed by atoms with van der Waals surface area (Å²) in [4.78, 5) is 28.9. The standard InChI is InChI=1S/C21H33N3O5/c1-16-18(17(2)29-22-16)5-6-19(25)23-11-8-21(9-12-23)15-24(10-4-13-27-3)20(26)7-14-28-21/h4-15H2,1-3H3. The summed E-state index contributed by atoms with van der Waals surface area (Å²) < 4.78 is 16.5. The van der Waals surface area contributed by atoms with Crippen LogP contribution in [-0.2, 0) is 25.5 Å². The molecule has 1 aromatic heterocycles. The molecule has 0 unspecified atom stereocenters. The first-order valence-electron chi connectivity index (χ1n) is 10.5. The topological polar surface area (TPSA) is 85.1 Å². The average Bonchev–Trinajstić information content (AvgIpc) is 2.94. The molecule has 0 atom stereocenters. The number of carbonyl (C=O) groups excluding carboxylic acids is 2. The molecule has 2 saturated heterocycles. The molecule has 2 amide bonds. The zero-order valence-electron chi connectivity index (χ0n) is 17.9. The number of rotatable bonds is 7. The number of methoxy groups -OCH3 is 1. The van der Waals surface area contributed by atoms with E-state index in [4.69, 9.17) is 14.0 Å². The van der Waals surface area contributed by atoms with E-state index in [-0.39, 0.29) is 17.4 Å². The van der Waals surface area contributed by atoms with Crippen LogP contribution in [0.1, 0.15) is 49.1 Å². The molecule has 29 heavy (non-hydrogen) atoms. The van der Waals surface area contributed by atoms with E-state index in [1.165, 1.54) is 0 Å². The molecule has 1 spiro atoms. The van der Waals surface area contributed by atoms with Gasteiger partial charge in [-0.25, -0.2) is 0 Å². The summed E-state index contributed by atoms with van der Waals surface area (Å²) in [6.07, 6.45) is 3.88. The van der Waals surface area contributed by atoms with Gasteiger partial charge in [0.1, 0.15) is 5.76 Å². The minimum absolute atomic E-state index is 0.149. The fraction of sp³-hybridized carbons (Fsp3) is 0.762. The lowest BCUT2D eigenvalue weighted by Gasteiger charge is -2.42. The molecule has 0 bridgehead atoms. The molecule has 0 saturated carbocycles. The van der Waals surface area contributed by atoms with E-state index in [9.17, 15) is 9.59 Å². The Bertz CT molecular complexity index is 690. The number of piperidine rings is 1. The Morgan fingerprint density at radius 1 is 1.28 bits per heavy atom. The van der Waals surface area contributed by atoms with Gasteiger partial charge in [-0.2, -0.15) is 0 Å². The van der Waals surface area contributed by atoms with Gasteiger partial charge in [-0.3, -0.25) is 9.59 Å². The minimum Gasteiger partial charge on any atom is -0.385 e. The number of ether oxygens (including phenoxy) is 2. The Morgan fingerprint density at radius 2 is 2.03 bits per heavy atom. The Morgan fingerprint density at radius 3 is 2.69 bits per heavy atom. The first-order chi connectivity index (χ1) is 13.9. The van der Waals surface area contributed by atoms with Crippen LogP contribution in [-0.4, -0.2) is 78.9 Å². The molecule has 3 heterocycles. The first-order valence-corrected chi connectivity index (χ1v) is 10.5. The van der Waals surface area contributed by atoms with Crippen molar-refractivity contribution in [1.82, 2.24) is 15.0 Å². The maximum absolute atomic E-state index is 12.7. The van der Waals surface area contributed by atoms with Gasteiger partial charge in [-0.15, -0.1) is 0 Å². The SMILES string of the molecule is COCCCN1CC2(CCN(C(=O)CCc3c(C)noc3C)CC2)OCCC1=O. The Hall–Kier alpha value is -1.93.